The zero-order valence-electron chi connectivity index (χ0n) is 16.5. The summed E-state index contributed by atoms with van der Waals surface area (Å²) in [5.41, 5.74) is 2.15. The lowest BCUT2D eigenvalue weighted by atomic mass is 10.2. The van der Waals surface area contributed by atoms with Crippen molar-refractivity contribution in [3.8, 4) is 5.69 Å². The van der Waals surface area contributed by atoms with Gasteiger partial charge in [-0.2, -0.15) is 5.10 Å². The Morgan fingerprint density at radius 3 is 2.63 bits per heavy atom. The van der Waals surface area contributed by atoms with E-state index in [-0.39, 0.29) is 24.0 Å². The summed E-state index contributed by atoms with van der Waals surface area (Å²) in [4.78, 5) is 5.19. The Morgan fingerprint density at radius 1 is 1.13 bits per heavy atom. The minimum Gasteiger partial charge on any atom is -0.386 e. The van der Waals surface area contributed by atoms with E-state index in [0.29, 0.717) is 19.0 Å². The van der Waals surface area contributed by atoms with Gasteiger partial charge in [0.1, 0.15) is 6.10 Å². The quantitative estimate of drug-likeness (QED) is 0.198. The van der Waals surface area contributed by atoms with Crippen LogP contribution in [0.25, 0.3) is 15.8 Å². The lowest BCUT2D eigenvalue weighted by molar-refractivity contribution is 0.184. The Hall–Kier alpha value is -2.43. The molecule has 30 heavy (non-hydrogen) atoms. The Bertz CT molecular complexity index is 1060. The van der Waals surface area contributed by atoms with Gasteiger partial charge in [0, 0.05) is 42.1 Å². The molecule has 1 atom stereocenters. The number of fused-ring (bicyclic) bond motifs is 1. The molecule has 6 nitrogen and oxygen atoms in total. The molecule has 0 saturated carbocycles. The van der Waals surface area contributed by atoms with Crippen LogP contribution in [-0.2, 0) is 6.54 Å². The predicted octanol–water partition coefficient (Wildman–Crippen LogP) is 4.10. The number of hydrogen-bond donors (Lipinski definition) is 3. The van der Waals surface area contributed by atoms with E-state index in [9.17, 15) is 5.11 Å². The molecule has 0 radical (unpaired) electrons. The number of halogens is 1. The number of aliphatic hydroxyl groups excluding tert-OH is 1. The van der Waals surface area contributed by atoms with E-state index in [1.807, 2.05) is 47.3 Å². The Morgan fingerprint density at radius 2 is 1.93 bits per heavy atom. The van der Waals surface area contributed by atoms with E-state index in [0.717, 1.165) is 21.5 Å². The molecule has 0 fully saturated rings. The highest BCUT2D eigenvalue weighted by atomic mass is 127. The summed E-state index contributed by atoms with van der Waals surface area (Å²) in [6, 6.07) is 20.3. The van der Waals surface area contributed by atoms with Crippen LogP contribution in [-0.4, -0.2) is 34.4 Å². The molecule has 0 saturated heterocycles. The number of hydrogen-bond acceptors (Lipinski definition) is 4. The monoisotopic (exact) mass is 533 g/mol. The van der Waals surface area contributed by atoms with Gasteiger partial charge in [0.15, 0.2) is 5.96 Å². The largest absolute Gasteiger partial charge is 0.386 e. The number of benzene rings is 2. The zero-order chi connectivity index (χ0) is 20.1. The SMILES string of the molecule is CN=C(NCc1ccc(-n2cccn2)cc1)NCC(O)c1cc2ccccc2s1.I. The van der Waals surface area contributed by atoms with E-state index in [1.165, 1.54) is 4.70 Å². The van der Waals surface area contributed by atoms with Crippen molar-refractivity contribution in [2.75, 3.05) is 13.6 Å². The molecule has 4 rings (SSSR count). The molecule has 0 aliphatic rings. The molecule has 1 unspecified atom stereocenters. The number of aliphatic imine (C=N–C) groups is 1. The highest BCUT2D eigenvalue weighted by molar-refractivity contribution is 14.0. The number of thiophene rings is 1. The molecular formula is C22H24IN5OS. The van der Waals surface area contributed by atoms with E-state index >= 15 is 0 Å². The summed E-state index contributed by atoms with van der Waals surface area (Å²) in [5, 5.41) is 22.4. The smallest absolute Gasteiger partial charge is 0.191 e. The third kappa shape index (κ3) is 5.38. The van der Waals surface area contributed by atoms with Crippen LogP contribution >= 0.6 is 35.3 Å². The fraction of sp³-hybridized carbons (Fsp3) is 0.182. The molecule has 3 N–H and O–H groups in total. The average molecular weight is 533 g/mol. The molecule has 2 aromatic carbocycles. The van der Waals surface area contributed by atoms with Gasteiger partial charge < -0.3 is 15.7 Å². The summed E-state index contributed by atoms with van der Waals surface area (Å²) < 4.78 is 3.01. The van der Waals surface area contributed by atoms with E-state index in [4.69, 9.17) is 0 Å². The first-order chi connectivity index (χ1) is 14.2. The Balaban J connectivity index is 0.00000256. The van der Waals surface area contributed by atoms with Gasteiger partial charge in [-0.1, -0.05) is 30.3 Å². The highest BCUT2D eigenvalue weighted by Gasteiger charge is 2.12. The molecule has 2 heterocycles. The fourth-order valence-electron chi connectivity index (χ4n) is 3.06. The van der Waals surface area contributed by atoms with Crippen LogP contribution in [0, 0.1) is 0 Å². The summed E-state index contributed by atoms with van der Waals surface area (Å²) in [5.74, 6) is 0.654. The highest BCUT2D eigenvalue weighted by Crippen LogP contribution is 2.29. The molecule has 4 aromatic rings. The summed E-state index contributed by atoms with van der Waals surface area (Å²) in [6.07, 6.45) is 3.10. The van der Waals surface area contributed by atoms with Crippen molar-refractivity contribution in [3.63, 3.8) is 0 Å². The van der Waals surface area contributed by atoms with Gasteiger partial charge in [0.2, 0.25) is 0 Å². The van der Waals surface area contributed by atoms with Crippen molar-refractivity contribution in [1.82, 2.24) is 20.4 Å². The second-order valence-corrected chi connectivity index (χ2v) is 7.74. The van der Waals surface area contributed by atoms with Crippen LogP contribution in [0.3, 0.4) is 0 Å². The second kappa shape index (κ2) is 10.6. The number of aliphatic hydroxyl groups is 1. The lowest BCUT2D eigenvalue weighted by Crippen LogP contribution is -2.38. The van der Waals surface area contributed by atoms with Crippen LogP contribution in [0.15, 0.2) is 78.0 Å². The average Bonchev–Trinajstić information content (AvgIpc) is 3.44. The van der Waals surface area contributed by atoms with E-state index < -0.39 is 6.10 Å². The molecule has 0 bridgehead atoms. The van der Waals surface area contributed by atoms with Crippen molar-refractivity contribution in [2.24, 2.45) is 4.99 Å². The number of nitrogens with one attached hydrogen (secondary N) is 2. The first-order valence-electron chi connectivity index (χ1n) is 9.43. The first kappa shape index (κ1) is 22.3. The van der Waals surface area contributed by atoms with Gasteiger partial charge in [-0.05, 0) is 41.3 Å². The van der Waals surface area contributed by atoms with Gasteiger partial charge in [-0.3, -0.25) is 4.99 Å². The maximum absolute atomic E-state index is 10.5. The lowest BCUT2D eigenvalue weighted by Gasteiger charge is -2.15. The Labute approximate surface area is 196 Å². The van der Waals surface area contributed by atoms with Crippen LogP contribution < -0.4 is 10.6 Å². The van der Waals surface area contributed by atoms with E-state index in [1.54, 1.807) is 24.6 Å². The van der Waals surface area contributed by atoms with Crippen molar-refractivity contribution in [3.05, 3.63) is 83.5 Å². The summed E-state index contributed by atoms with van der Waals surface area (Å²) in [6.45, 7) is 1.03. The molecule has 2 aromatic heterocycles. The van der Waals surface area contributed by atoms with Gasteiger partial charge >= 0.3 is 0 Å². The summed E-state index contributed by atoms with van der Waals surface area (Å²) >= 11 is 1.62. The van der Waals surface area contributed by atoms with Crippen molar-refractivity contribution >= 4 is 51.4 Å². The topological polar surface area (TPSA) is 74.5 Å². The summed E-state index contributed by atoms with van der Waals surface area (Å²) in [7, 11) is 1.72. The Kier molecular flexibility index (Phi) is 7.83. The second-order valence-electron chi connectivity index (χ2n) is 6.63. The number of aromatic nitrogens is 2. The number of guanidine groups is 1. The van der Waals surface area contributed by atoms with Crippen LogP contribution in [0.2, 0.25) is 0 Å². The molecule has 156 valence electrons. The van der Waals surface area contributed by atoms with Gasteiger partial charge in [-0.25, -0.2) is 4.68 Å². The van der Waals surface area contributed by atoms with Crippen LogP contribution in [0.4, 0.5) is 0 Å². The molecular weight excluding hydrogens is 509 g/mol. The number of rotatable bonds is 6. The first-order valence-corrected chi connectivity index (χ1v) is 10.2. The standard InChI is InChI=1S/C22H23N5OS.HI/c1-23-22(24-14-16-7-9-18(10-8-16)27-12-4-11-26-27)25-15-19(28)21-13-17-5-2-3-6-20(17)29-21;/h2-13,19,28H,14-15H2,1H3,(H2,23,24,25);1H. The normalized spacial score (nSPS) is 12.4. The number of nitrogens with zero attached hydrogens (tertiary/aromatic N) is 3. The zero-order valence-corrected chi connectivity index (χ0v) is 19.7. The third-order valence-corrected chi connectivity index (χ3v) is 5.84. The maximum atomic E-state index is 10.5. The predicted molar refractivity (Wildman–Crippen MR) is 134 cm³/mol. The molecule has 0 spiro atoms. The van der Waals surface area contributed by atoms with E-state index in [2.05, 4.69) is 45.0 Å². The molecule has 0 aliphatic heterocycles. The van der Waals surface area contributed by atoms with Gasteiger partial charge in [0.25, 0.3) is 0 Å². The maximum Gasteiger partial charge on any atom is 0.191 e. The van der Waals surface area contributed by atoms with Gasteiger partial charge in [-0.15, -0.1) is 35.3 Å². The molecule has 8 heteroatoms. The van der Waals surface area contributed by atoms with Crippen molar-refractivity contribution < 1.29 is 5.11 Å². The molecule has 0 aliphatic carbocycles. The van der Waals surface area contributed by atoms with Crippen LogP contribution in [0.1, 0.15) is 16.5 Å². The van der Waals surface area contributed by atoms with Crippen molar-refractivity contribution in [1.29, 1.82) is 0 Å². The third-order valence-electron chi connectivity index (χ3n) is 4.62. The molecule has 0 amide bonds. The van der Waals surface area contributed by atoms with Crippen LogP contribution in [0.5, 0.6) is 0 Å². The fourth-order valence-corrected chi connectivity index (χ4v) is 4.11. The minimum atomic E-state index is -0.584. The minimum absolute atomic E-state index is 0. The van der Waals surface area contributed by atoms with Crippen molar-refractivity contribution in [2.45, 2.75) is 12.6 Å². The van der Waals surface area contributed by atoms with Gasteiger partial charge in [0.05, 0.1) is 5.69 Å².